The molecule has 78 valence electrons. The summed E-state index contributed by atoms with van der Waals surface area (Å²) in [5, 5.41) is 9.55. The van der Waals surface area contributed by atoms with Crippen LogP contribution < -0.4 is 0 Å². The molecular weight excluding hydrogens is 180 g/mol. The van der Waals surface area contributed by atoms with Gasteiger partial charge in [0.05, 0.1) is 0 Å². The minimum Gasteiger partial charge on any atom is -0.382 e. The van der Waals surface area contributed by atoms with Crippen LogP contribution >= 0.6 is 0 Å². The predicted octanol–water partition coefficient (Wildman–Crippen LogP) is 1.25. The fraction of sp³-hybridized carbons (Fsp3) is 0.600. The Hall–Kier alpha value is -1.16. The molecule has 0 aliphatic carbocycles. The highest BCUT2D eigenvalue weighted by molar-refractivity contribution is 5.98. The van der Waals surface area contributed by atoms with Crippen molar-refractivity contribution >= 4 is 5.78 Å². The monoisotopic (exact) mass is 196 g/mol. The number of carbonyl (C=O) groups is 1. The van der Waals surface area contributed by atoms with E-state index in [1.54, 1.807) is 17.0 Å². The standard InChI is InChI=1S/C10H16N2O2/c1-4-6-12-7-5-11-9(12)8(13)10(2,3)14/h5,7,14H,4,6H2,1-3H3. The number of imidazole rings is 1. The molecule has 1 N–H and O–H groups in total. The maximum atomic E-state index is 11.7. The molecular formula is C10H16N2O2. The lowest BCUT2D eigenvalue weighted by Gasteiger charge is -2.15. The Morgan fingerprint density at radius 1 is 1.64 bits per heavy atom. The summed E-state index contributed by atoms with van der Waals surface area (Å²) in [6.45, 7) is 5.72. The highest BCUT2D eigenvalue weighted by atomic mass is 16.3. The normalized spacial score (nSPS) is 11.7. The first-order valence-corrected chi connectivity index (χ1v) is 4.75. The third-order valence-electron chi connectivity index (χ3n) is 1.94. The average Bonchev–Trinajstić information content (AvgIpc) is 2.50. The van der Waals surface area contributed by atoms with Gasteiger partial charge in [0.2, 0.25) is 5.78 Å². The Labute approximate surface area is 83.6 Å². The van der Waals surface area contributed by atoms with Crippen LogP contribution in [-0.2, 0) is 6.54 Å². The third-order valence-corrected chi connectivity index (χ3v) is 1.94. The van der Waals surface area contributed by atoms with Gasteiger partial charge in [0.25, 0.3) is 0 Å². The van der Waals surface area contributed by atoms with Crippen molar-refractivity contribution < 1.29 is 9.90 Å². The van der Waals surface area contributed by atoms with E-state index in [-0.39, 0.29) is 5.78 Å². The van der Waals surface area contributed by atoms with Gasteiger partial charge >= 0.3 is 0 Å². The van der Waals surface area contributed by atoms with E-state index in [0.717, 1.165) is 13.0 Å². The van der Waals surface area contributed by atoms with Gasteiger partial charge in [-0.2, -0.15) is 0 Å². The number of aromatic nitrogens is 2. The Morgan fingerprint density at radius 2 is 2.29 bits per heavy atom. The van der Waals surface area contributed by atoms with E-state index < -0.39 is 5.60 Å². The first-order chi connectivity index (χ1) is 6.46. The van der Waals surface area contributed by atoms with Crippen molar-refractivity contribution in [3.8, 4) is 0 Å². The van der Waals surface area contributed by atoms with E-state index in [1.807, 2.05) is 6.92 Å². The molecule has 0 saturated carbocycles. The molecule has 4 nitrogen and oxygen atoms in total. The maximum absolute atomic E-state index is 11.7. The summed E-state index contributed by atoms with van der Waals surface area (Å²) in [4.78, 5) is 15.6. The summed E-state index contributed by atoms with van der Waals surface area (Å²) in [6, 6.07) is 0. The molecule has 0 unspecified atom stereocenters. The van der Waals surface area contributed by atoms with Crippen molar-refractivity contribution in [2.24, 2.45) is 0 Å². The largest absolute Gasteiger partial charge is 0.382 e. The SMILES string of the molecule is CCCn1ccnc1C(=O)C(C)(C)O. The summed E-state index contributed by atoms with van der Waals surface area (Å²) in [5.74, 6) is -0.00435. The number of rotatable bonds is 4. The fourth-order valence-electron chi connectivity index (χ4n) is 1.21. The molecule has 0 saturated heterocycles. The Morgan fingerprint density at radius 3 is 2.79 bits per heavy atom. The first-order valence-electron chi connectivity index (χ1n) is 4.75. The van der Waals surface area contributed by atoms with Crippen LogP contribution in [0.25, 0.3) is 0 Å². The van der Waals surface area contributed by atoms with E-state index in [0.29, 0.717) is 5.82 Å². The van der Waals surface area contributed by atoms with Crippen molar-refractivity contribution in [2.75, 3.05) is 0 Å². The zero-order valence-corrected chi connectivity index (χ0v) is 8.82. The third kappa shape index (κ3) is 2.20. The van der Waals surface area contributed by atoms with Crippen LogP contribution in [0.4, 0.5) is 0 Å². The van der Waals surface area contributed by atoms with Gasteiger partial charge in [0.15, 0.2) is 5.82 Å². The number of carbonyl (C=O) groups excluding carboxylic acids is 1. The second kappa shape index (κ2) is 3.92. The van der Waals surface area contributed by atoms with Crippen LogP contribution in [0.1, 0.15) is 37.8 Å². The highest BCUT2D eigenvalue weighted by Crippen LogP contribution is 2.11. The van der Waals surface area contributed by atoms with Crippen LogP contribution in [-0.4, -0.2) is 26.0 Å². The summed E-state index contributed by atoms with van der Waals surface area (Å²) < 4.78 is 1.76. The van der Waals surface area contributed by atoms with Crippen LogP contribution in [0.3, 0.4) is 0 Å². The van der Waals surface area contributed by atoms with Gasteiger partial charge in [0.1, 0.15) is 5.60 Å². The highest BCUT2D eigenvalue weighted by Gasteiger charge is 2.28. The smallest absolute Gasteiger partial charge is 0.229 e. The molecule has 4 heteroatoms. The summed E-state index contributed by atoms with van der Waals surface area (Å²) in [5.41, 5.74) is -1.35. The number of aryl methyl sites for hydroxylation is 1. The first kappa shape index (κ1) is 10.9. The van der Waals surface area contributed by atoms with Gasteiger partial charge in [-0.05, 0) is 20.3 Å². The van der Waals surface area contributed by atoms with Gasteiger partial charge < -0.3 is 9.67 Å². The van der Waals surface area contributed by atoms with Gasteiger partial charge in [0, 0.05) is 18.9 Å². The van der Waals surface area contributed by atoms with Crippen molar-refractivity contribution in [3.05, 3.63) is 18.2 Å². The fourth-order valence-corrected chi connectivity index (χ4v) is 1.21. The predicted molar refractivity (Wildman–Crippen MR) is 53.1 cm³/mol. The minimum atomic E-state index is -1.35. The Bertz CT molecular complexity index is 323. The van der Waals surface area contributed by atoms with E-state index in [2.05, 4.69) is 4.98 Å². The van der Waals surface area contributed by atoms with E-state index in [1.165, 1.54) is 13.8 Å². The van der Waals surface area contributed by atoms with Gasteiger partial charge in [-0.3, -0.25) is 4.79 Å². The van der Waals surface area contributed by atoms with Crippen LogP contribution in [0.15, 0.2) is 12.4 Å². The Balaban J connectivity index is 2.95. The number of hydrogen-bond acceptors (Lipinski definition) is 3. The van der Waals surface area contributed by atoms with E-state index in [4.69, 9.17) is 0 Å². The molecule has 1 heterocycles. The van der Waals surface area contributed by atoms with Crippen molar-refractivity contribution in [1.82, 2.24) is 9.55 Å². The van der Waals surface area contributed by atoms with Gasteiger partial charge in [-0.15, -0.1) is 0 Å². The second-order valence-electron chi connectivity index (χ2n) is 3.83. The van der Waals surface area contributed by atoms with Crippen molar-refractivity contribution in [1.29, 1.82) is 0 Å². The number of nitrogens with zero attached hydrogens (tertiary/aromatic N) is 2. The van der Waals surface area contributed by atoms with Crippen molar-refractivity contribution in [2.45, 2.75) is 39.3 Å². The molecule has 0 fully saturated rings. The molecule has 14 heavy (non-hydrogen) atoms. The number of Topliss-reactive ketones (excluding diaryl/α,β-unsaturated/α-hetero) is 1. The molecule has 1 aromatic rings. The van der Waals surface area contributed by atoms with Crippen LogP contribution in [0, 0.1) is 0 Å². The zero-order valence-electron chi connectivity index (χ0n) is 8.82. The number of hydrogen-bond donors (Lipinski definition) is 1. The summed E-state index contributed by atoms with van der Waals surface area (Å²) >= 11 is 0. The van der Waals surface area contributed by atoms with Gasteiger partial charge in [-0.25, -0.2) is 4.98 Å². The lowest BCUT2D eigenvalue weighted by molar-refractivity contribution is 0.0472. The molecule has 1 rings (SSSR count). The summed E-state index contributed by atoms with van der Waals surface area (Å²) in [6.07, 6.45) is 4.26. The molecule has 0 aliphatic rings. The molecule has 0 aromatic carbocycles. The molecule has 0 amide bonds. The lowest BCUT2D eigenvalue weighted by atomic mass is 10.0. The average molecular weight is 196 g/mol. The minimum absolute atomic E-state index is 0.333. The lowest BCUT2D eigenvalue weighted by Crippen LogP contribution is -2.33. The molecule has 0 aliphatic heterocycles. The maximum Gasteiger partial charge on any atom is 0.229 e. The molecule has 0 bridgehead atoms. The van der Waals surface area contributed by atoms with E-state index in [9.17, 15) is 9.90 Å². The Kier molecular flexibility index (Phi) is 3.06. The van der Waals surface area contributed by atoms with Gasteiger partial charge in [-0.1, -0.05) is 6.92 Å². The van der Waals surface area contributed by atoms with E-state index >= 15 is 0 Å². The molecule has 0 radical (unpaired) electrons. The zero-order chi connectivity index (χ0) is 10.8. The number of aliphatic hydroxyl groups is 1. The summed E-state index contributed by atoms with van der Waals surface area (Å²) in [7, 11) is 0. The molecule has 1 aromatic heterocycles. The topological polar surface area (TPSA) is 55.1 Å². The second-order valence-corrected chi connectivity index (χ2v) is 3.83. The molecule has 0 spiro atoms. The van der Waals surface area contributed by atoms with Crippen LogP contribution in [0.5, 0.6) is 0 Å². The molecule has 0 atom stereocenters. The number of ketones is 1. The van der Waals surface area contributed by atoms with Crippen molar-refractivity contribution in [3.63, 3.8) is 0 Å². The quantitative estimate of drug-likeness (QED) is 0.737. The van der Waals surface area contributed by atoms with Crippen LogP contribution in [0.2, 0.25) is 0 Å².